The minimum Gasteiger partial charge on any atom is -0.724 e. The van der Waals surface area contributed by atoms with Crippen LogP contribution in [0.1, 0.15) is 5.56 Å². The summed E-state index contributed by atoms with van der Waals surface area (Å²) in [6, 6.07) is -1.22. The number of hydrogen-bond acceptors (Lipinski definition) is 8. The first kappa shape index (κ1) is 18.1. The summed E-state index contributed by atoms with van der Waals surface area (Å²) in [6.07, 6.45) is 4.71. The monoisotopic (exact) mass is 350 g/mol. The molecule has 1 saturated heterocycles. The predicted octanol–water partition coefficient (Wildman–Crippen LogP) is -3.62. The Hall–Kier alpha value is -1.24. The van der Waals surface area contributed by atoms with Gasteiger partial charge in [0, 0.05) is 24.5 Å². The Bertz CT molecular complexity index is 737. The molecule has 118 valence electrons. The first-order chi connectivity index (χ1) is 10.4. The fourth-order valence-electron chi connectivity index (χ4n) is 2.42. The molecule has 2 bridgehead atoms. The number of methoxy groups -OCH3 is 1. The first-order valence-corrected chi connectivity index (χ1v) is 7.52. The summed E-state index contributed by atoms with van der Waals surface area (Å²) < 4.78 is 41.5. The molecule has 1 unspecified atom stereocenters. The van der Waals surface area contributed by atoms with Gasteiger partial charge in [-0.15, -0.1) is 0 Å². The zero-order valence-electron chi connectivity index (χ0n) is 12.4. The van der Waals surface area contributed by atoms with Crippen molar-refractivity contribution in [1.82, 2.24) is 19.9 Å². The number of carbonyl (C=O) groups excluding carboxylic acids is 1. The predicted molar refractivity (Wildman–Crippen MR) is 69.9 cm³/mol. The van der Waals surface area contributed by atoms with Gasteiger partial charge in [0.1, 0.15) is 6.04 Å². The average molecular weight is 350 g/mol. The summed E-state index contributed by atoms with van der Waals surface area (Å²) >= 11 is 0. The largest absolute Gasteiger partial charge is 1.00 e. The van der Waals surface area contributed by atoms with Gasteiger partial charge in [0.05, 0.1) is 13.7 Å². The van der Waals surface area contributed by atoms with Gasteiger partial charge >= 0.3 is 41.6 Å². The second-order valence-corrected chi connectivity index (χ2v) is 5.60. The maximum absolute atomic E-state index is 12.0. The maximum Gasteiger partial charge on any atom is 1.00 e. The summed E-state index contributed by atoms with van der Waals surface area (Å²) in [6.45, 7) is 0.488. The van der Waals surface area contributed by atoms with E-state index in [-0.39, 0.29) is 48.7 Å². The van der Waals surface area contributed by atoms with Gasteiger partial charge in [0.2, 0.25) is 10.4 Å². The Labute approximate surface area is 154 Å². The molecule has 1 atom stereocenters. The number of nitrogens with zero attached hydrogens (tertiary/aromatic N) is 4. The number of hydrogen-bond donors (Lipinski definition) is 0. The van der Waals surface area contributed by atoms with E-state index in [9.17, 15) is 17.8 Å². The Kier molecular flexibility index (Phi) is 5.28. The van der Waals surface area contributed by atoms with E-state index in [1.807, 2.05) is 0 Å². The summed E-state index contributed by atoms with van der Waals surface area (Å²) in [5, 5.41) is 0.575. The number of urea groups is 1. The summed E-state index contributed by atoms with van der Waals surface area (Å²) in [4.78, 5) is 21.3. The molecule has 3 heterocycles. The number of aromatic nitrogens is 2. The zero-order chi connectivity index (χ0) is 15.9. The van der Waals surface area contributed by atoms with Crippen LogP contribution in [0.4, 0.5) is 4.79 Å². The van der Waals surface area contributed by atoms with Gasteiger partial charge in [-0.3, -0.25) is 0 Å². The van der Waals surface area contributed by atoms with Crippen LogP contribution in [0.2, 0.25) is 0 Å². The molecule has 0 aliphatic carbocycles. The molecule has 1 aromatic rings. The number of fused-ring (bicyclic) bond motifs is 2. The van der Waals surface area contributed by atoms with E-state index in [4.69, 9.17) is 4.74 Å². The summed E-state index contributed by atoms with van der Waals surface area (Å²) in [5.74, 6) is 0. The Balaban J connectivity index is 0.00000192. The first-order valence-electron chi connectivity index (χ1n) is 6.19. The molecule has 0 radical (unpaired) electrons. The molecular weight excluding hydrogens is 339 g/mol. The molecule has 2 aliphatic rings. The molecule has 1 fully saturated rings. The number of hydroxylamine groups is 2. The molecule has 0 aromatic carbocycles. The van der Waals surface area contributed by atoms with Crippen LogP contribution < -0.4 is 34.3 Å². The van der Waals surface area contributed by atoms with Gasteiger partial charge in [-0.25, -0.2) is 23.2 Å². The van der Waals surface area contributed by atoms with Crippen LogP contribution in [-0.2, 0) is 14.7 Å². The standard InChI is InChI=1S/C11H12N4O6S.Na/c1-20-10-12-4-7(5-13-10)8-2-3-14-6-9(8)15(11(14)16)21-22(17,18)19;/h2,4-5,9H,3,6H2,1H3,(H,17,18,19);/q;+1/p-1. The SMILES string of the molecule is COc1ncc(C2=CCN3CC2N(OS(=O)(=O)[O-])C3=O)cn1.[Na+]. The van der Waals surface area contributed by atoms with Crippen molar-refractivity contribution < 1.29 is 56.3 Å². The van der Waals surface area contributed by atoms with Gasteiger partial charge in [0.15, 0.2) is 0 Å². The molecule has 12 heteroatoms. The van der Waals surface area contributed by atoms with Crippen molar-refractivity contribution in [3.05, 3.63) is 24.0 Å². The van der Waals surface area contributed by atoms with E-state index >= 15 is 0 Å². The van der Waals surface area contributed by atoms with Crippen LogP contribution in [0.15, 0.2) is 18.5 Å². The molecule has 0 spiro atoms. The summed E-state index contributed by atoms with van der Waals surface area (Å²) in [7, 11) is -3.62. The maximum atomic E-state index is 12.0. The van der Waals surface area contributed by atoms with Gasteiger partial charge < -0.3 is 14.2 Å². The average Bonchev–Trinajstić information content (AvgIpc) is 2.71. The van der Waals surface area contributed by atoms with E-state index in [2.05, 4.69) is 14.3 Å². The third-order valence-corrected chi connectivity index (χ3v) is 3.68. The molecule has 2 aliphatic heterocycles. The fraction of sp³-hybridized carbons (Fsp3) is 0.364. The minimum absolute atomic E-state index is 0. The Morgan fingerprint density at radius 3 is 2.57 bits per heavy atom. The number of amides is 2. The van der Waals surface area contributed by atoms with Crippen molar-refractivity contribution in [2.24, 2.45) is 0 Å². The molecule has 0 saturated carbocycles. The van der Waals surface area contributed by atoms with Crippen LogP contribution >= 0.6 is 0 Å². The topological polar surface area (TPSA) is 125 Å². The van der Waals surface area contributed by atoms with Gasteiger partial charge in [-0.2, -0.15) is 9.35 Å². The van der Waals surface area contributed by atoms with Crippen LogP contribution in [0.5, 0.6) is 6.01 Å². The zero-order valence-corrected chi connectivity index (χ0v) is 15.2. The molecule has 3 rings (SSSR count). The van der Waals surface area contributed by atoms with Gasteiger partial charge in [-0.05, 0) is 5.57 Å². The smallest absolute Gasteiger partial charge is 0.724 e. The van der Waals surface area contributed by atoms with Gasteiger partial charge in [0.25, 0.3) is 0 Å². The van der Waals surface area contributed by atoms with Crippen molar-refractivity contribution in [2.75, 3.05) is 20.2 Å². The number of ether oxygens (including phenoxy) is 1. The van der Waals surface area contributed by atoms with E-state index in [1.54, 1.807) is 6.08 Å². The van der Waals surface area contributed by atoms with E-state index in [0.717, 1.165) is 0 Å². The Morgan fingerprint density at radius 2 is 2.00 bits per heavy atom. The van der Waals surface area contributed by atoms with Crippen molar-refractivity contribution in [2.45, 2.75) is 6.04 Å². The quantitative estimate of drug-likeness (QED) is 0.310. The van der Waals surface area contributed by atoms with Crippen molar-refractivity contribution in [3.8, 4) is 6.01 Å². The third-order valence-electron chi connectivity index (χ3n) is 3.34. The fourth-order valence-corrected chi connectivity index (χ4v) is 2.78. The normalized spacial score (nSPS) is 20.2. The molecule has 0 N–H and O–H groups in total. The minimum atomic E-state index is -5.05. The Morgan fingerprint density at radius 1 is 1.35 bits per heavy atom. The van der Waals surface area contributed by atoms with E-state index < -0.39 is 22.5 Å². The number of rotatable bonds is 4. The van der Waals surface area contributed by atoms with Crippen molar-refractivity contribution in [3.63, 3.8) is 0 Å². The van der Waals surface area contributed by atoms with Crippen LogP contribution in [0, 0.1) is 0 Å². The summed E-state index contributed by atoms with van der Waals surface area (Å²) in [5.41, 5.74) is 1.19. The molecule has 10 nitrogen and oxygen atoms in total. The molecule has 23 heavy (non-hydrogen) atoms. The van der Waals surface area contributed by atoms with Gasteiger partial charge in [-0.1, -0.05) is 6.08 Å². The third kappa shape index (κ3) is 3.65. The number of carbonyl (C=O) groups is 1. The second kappa shape index (κ2) is 6.71. The van der Waals surface area contributed by atoms with Crippen LogP contribution in [-0.4, -0.2) is 65.2 Å². The van der Waals surface area contributed by atoms with Crippen LogP contribution in [0.3, 0.4) is 0 Å². The molecule has 2 amide bonds. The van der Waals surface area contributed by atoms with Crippen molar-refractivity contribution >= 4 is 22.0 Å². The van der Waals surface area contributed by atoms with Crippen molar-refractivity contribution in [1.29, 1.82) is 0 Å². The van der Waals surface area contributed by atoms with Crippen LogP contribution in [0.25, 0.3) is 5.57 Å². The molecule has 1 aromatic heterocycles. The molecular formula is C11H11N4NaO6S. The van der Waals surface area contributed by atoms with E-state index in [0.29, 0.717) is 16.2 Å². The second-order valence-electron chi connectivity index (χ2n) is 4.63. The van der Waals surface area contributed by atoms with E-state index in [1.165, 1.54) is 24.4 Å².